The third-order valence-corrected chi connectivity index (χ3v) is 8.49. The number of aryl methyl sites for hydroxylation is 3. The van der Waals surface area contributed by atoms with Crippen molar-refractivity contribution in [3.05, 3.63) is 111 Å². The summed E-state index contributed by atoms with van der Waals surface area (Å²) in [6.45, 7) is 7.51. The molecule has 1 aromatic heterocycles. The van der Waals surface area contributed by atoms with Crippen molar-refractivity contribution in [2.75, 3.05) is 10.8 Å². The van der Waals surface area contributed by atoms with Crippen molar-refractivity contribution in [2.45, 2.75) is 32.6 Å². The summed E-state index contributed by atoms with van der Waals surface area (Å²) >= 11 is 3.39. The lowest BCUT2D eigenvalue weighted by Crippen LogP contribution is -2.39. The minimum atomic E-state index is -4.01. The van der Waals surface area contributed by atoms with Crippen LogP contribution >= 0.6 is 15.9 Å². The van der Waals surface area contributed by atoms with Gasteiger partial charge in [-0.1, -0.05) is 57.9 Å². The molecule has 4 rings (SSSR count). The van der Waals surface area contributed by atoms with Crippen LogP contribution in [0.15, 0.2) is 93.3 Å². The Morgan fingerprint density at radius 2 is 1.68 bits per heavy atom. The first-order valence-corrected chi connectivity index (χ1v) is 14.2. The van der Waals surface area contributed by atoms with Gasteiger partial charge < -0.3 is 4.57 Å². The quantitative estimate of drug-likeness (QED) is 0.207. The Hall–Kier alpha value is -3.69. The van der Waals surface area contributed by atoms with Crippen molar-refractivity contribution in [1.29, 1.82) is 0 Å². The molecule has 0 radical (unpaired) electrons. The number of nitrogens with one attached hydrogen (secondary N) is 1. The lowest BCUT2D eigenvalue weighted by molar-refractivity contribution is -0.119. The summed E-state index contributed by atoms with van der Waals surface area (Å²) in [4.78, 5) is 13.0. The molecule has 38 heavy (non-hydrogen) atoms. The largest absolute Gasteiger partial charge is 0.318 e. The maximum Gasteiger partial charge on any atom is 0.264 e. The second-order valence-corrected chi connectivity index (χ2v) is 11.8. The maximum absolute atomic E-state index is 13.5. The zero-order valence-electron chi connectivity index (χ0n) is 21.6. The molecule has 0 bridgehead atoms. The number of aromatic nitrogens is 1. The fourth-order valence-corrected chi connectivity index (χ4v) is 6.03. The van der Waals surface area contributed by atoms with Gasteiger partial charge in [0.2, 0.25) is 0 Å². The number of carbonyl (C=O) groups is 1. The highest BCUT2D eigenvalue weighted by molar-refractivity contribution is 9.10. The molecule has 1 amide bonds. The van der Waals surface area contributed by atoms with E-state index in [-0.39, 0.29) is 4.90 Å². The molecule has 0 aliphatic heterocycles. The van der Waals surface area contributed by atoms with E-state index in [4.69, 9.17) is 0 Å². The van der Waals surface area contributed by atoms with Gasteiger partial charge in [0.1, 0.15) is 6.54 Å². The fraction of sp³-hybridized carbons (Fsp3) is 0.172. The van der Waals surface area contributed by atoms with E-state index in [1.807, 2.05) is 39.0 Å². The summed E-state index contributed by atoms with van der Waals surface area (Å²) in [6, 6.07) is 23.4. The van der Waals surface area contributed by atoms with Gasteiger partial charge in [-0.25, -0.2) is 13.8 Å². The number of anilines is 1. The van der Waals surface area contributed by atoms with Crippen molar-refractivity contribution in [3.8, 4) is 5.69 Å². The summed E-state index contributed by atoms with van der Waals surface area (Å²) in [5.41, 5.74) is 8.88. The van der Waals surface area contributed by atoms with E-state index in [0.717, 1.165) is 38.1 Å². The predicted molar refractivity (Wildman–Crippen MR) is 156 cm³/mol. The zero-order valence-corrected chi connectivity index (χ0v) is 24.0. The Labute approximate surface area is 232 Å². The third-order valence-electron chi connectivity index (χ3n) is 6.21. The Morgan fingerprint density at radius 3 is 2.37 bits per heavy atom. The monoisotopic (exact) mass is 592 g/mol. The molecule has 0 fully saturated rings. The number of sulfonamides is 1. The molecule has 1 heterocycles. The molecule has 0 saturated carbocycles. The highest BCUT2D eigenvalue weighted by atomic mass is 79.9. The zero-order chi connectivity index (χ0) is 27.4. The molecule has 0 aliphatic carbocycles. The minimum absolute atomic E-state index is 0.100. The summed E-state index contributed by atoms with van der Waals surface area (Å²) in [5.74, 6) is -0.565. The Balaban J connectivity index is 1.56. The van der Waals surface area contributed by atoms with E-state index in [9.17, 15) is 13.2 Å². The van der Waals surface area contributed by atoms with Crippen LogP contribution in [0.5, 0.6) is 0 Å². The molecule has 196 valence electrons. The molecule has 4 aromatic rings. The number of rotatable bonds is 8. The number of amides is 1. The van der Waals surface area contributed by atoms with Crippen molar-refractivity contribution in [3.63, 3.8) is 0 Å². The van der Waals surface area contributed by atoms with Crippen molar-refractivity contribution >= 4 is 43.8 Å². The topological polar surface area (TPSA) is 83.8 Å². The van der Waals surface area contributed by atoms with Gasteiger partial charge in [-0.15, -0.1) is 0 Å². The number of para-hydroxylation sites is 1. The molecule has 0 aliphatic rings. The first-order valence-electron chi connectivity index (χ1n) is 12.0. The molecule has 1 N–H and O–H groups in total. The van der Waals surface area contributed by atoms with Gasteiger partial charge >= 0.3 is 0 Å². The number of hydrogen-bond donors (Lipinski definition) is 1. The van der Waals surface area contributed by atoms with Gasteiger partial charge in [0, 0.05) is 27.1 Å². The lowest BCUT2D eigenvalue weighted by atomic mass is 10.2. The molecular weight excluding hydrogens is 564 g/mol. The summed E-state index contributed by atoms with van der Waals surface area (Å²) < 4.78 is 31.0. The second kappa shape index (κ2) is 11.4. The van der Waals surface area contributed by atoms with Gasteiger partial charge in [0.25, 0.3) is 15.9 Å². The van der Waals surface area contributed by atoms with Crippen LogP contribution in [0.2, 0.25) is 0 Å². The fourth-order valence-electron chi connectivity index (χ4n) is 4.23. The molecular formula is C29H29BrN4O3S. The number of hydrazone groups is 1. The second-order valence-electron chi connectivity index (χ2n) is 9.05. The molecule has 0 unspecified atom stereocenters. The van der Waals surface area contributed by atoms with Crippen LogP contribution in [0.3, 0.4) is 0 Å². The Kier molecular flexibility index (Phi) is 8.18. The van der Waals surface area contributed by atoms with Crippen molar-refractivity contribution < 1.29 is 13.2 Å². The smallest absolute Gasteiger partial charge is 0.264 e. The van der Waals surface area contributed by atoms with Crippen molar-refractivity contribution in [1.82, 2.24) is 9.99 Å². The van der Waals surface area contributed by atoms with E-state index >= 15 is 0 Å². The highest BCUT2D eigenvalue weighted by Crippen LogP contribution is 2.26. The normalized spacial score (nSPS) is 11.6. The first kappa shape index (κ1) is 27.3. The minimum Gasteiger partial charge on any atom is -0.318 e. The summed E-state index contributed by atoms with van der Waals surface area (Å²) in [5, 5.41) is 4.13. The lowest BCUT2D eigenvalue weighted by Gasteiger charge is -2.24. The van der Waals surface area contributed by atoms with E-state index in [0.29, 0.717) is 10.2 Å². The average Bonchev–Trinajstić information content (AvgIpc) is 3.15. The standard InChI is InChI=1S/C29H29BrN4O3S/c1-20-12-14-27(15-13-20)38(36,37)33(26-10-7-9-25(30)17-26)19-29(35)32-31-18-24-16-22(3)34(23(24)4)28-11-6-5-8-21(28)2/h5-18H,19H2,1-4H3,(H,32,35)/b31-18-. The van der Waals surface area contributed by atoms with E-state index < -0.39 is 22.5 Å². The molecule has 0 atom stereocenters. The molecule has 7 nitrogen and oxygen atoms in total. The van der Waals surface area contributed by atoms with Gasteiger partial charge in [0.05, 0.1) is 16.8 Å². The maximum atomic E-state index is 13.5. The molecule has 0 spiro atoms. The number of halogens is 1. The van der Waals surface area contributed by atoms with Crippen LogP contribution in [0.25, 0.3) is 5.69 Å². The van der Waals surface area contributed by atoms with Crippen LogP contribution in [-0.2, 0) is 14.8 Å². The predicted octanol–water partition coefficient (Wildman–Crippen LogP) is 5.82. The van der Waals surface area contributed by atoms with E-state index in [1.54, 1.807) is 42.6 Å². The third kappa shape index (κ3) is 5.89. The average molecular weight is 594 g/mol. The number of nitrogens with zero attached hydrogens (tertiary/aromatic N) is 3. The van der Waals surface area contributed by atoms with Crippen LogP contribution in [0, 0.1) is 27.7 Å². The van der Waals surface area contributed by atoms with Crippen LogP contribution < -0.4 is 9.73 Å². The van der Waals surface area contributed by atoms with Gasteiger partial charge in [-0.3, -0.25) is 9.10 Å². The Bertz CT molecular complexity index is 1610. The van der Waals surface area contributed by atoms with E-state index in [1.165, 1.54) is 12.1 Å². The van der Waals surface area contributed by atoms with Gasteiger partial charge in [-0.2, -0.15) is 5.10 Å². The summed E-state index contributed by atoms with van der Waals surface area (Å²) in [6.07, 6.45) is 1.58. The SMILES string of the molecule is Cc1ccc(S(=O)(=O)N(CC(=O)N/N=C\c2cc(C)n(-c3ccccc3C)c2C)c2cccc(Br)c2)cc1. The number of hydrogen-bond acceptors (Lipinski definition) is 4. The Morgan fingerprint density at radius 1 is 0.974 bits per heavy atom. The first-order chi connectivity index (χ1) is 18.1. The van der Waals surface area contributed by atoms with E-state index in [2.05, 4.69) is 50.1 Å². The highest BCUT2D eigenvalue weighted by Gasteiger charge is 2.27. The molecule has 0 saturated heterocycles. The van der Waals surface area contributed by atoms with Crippen LogP contribution in [0.4, 0.5) is 5.69 Å². The van der Waals surface area contributed by atoms with Crippen molar-refractivity contribution in [2.24, 2.45) is 5.10 Å². The molecule has 9 heteroatoms. The van der Waals surface area contributed by atoms with Crippen LogP contribution in [0.1, 0.15) is 28.1 Å². The molecule has 3 aromatic carbocycles. The van der Waals surface area contributed by atoms with Gasteiger partial charge in [-0.05, 0) is 75.7 Å². The van der Waals surface area contributed by atoms with Gasteiger partial charge in [0.15, 0.2) is 0 Å². The number of carbonyl (C=O) groups excluding carboxylic acids is 1. The number of benzene rings is 3. The van der Waals surface area contributed by atoms with Crippen LogP contribution in [-0.4, -0.2) is 31.7 Å². The summed E-state index contributed by atoms with van der Waals surface area (Å²) in [7, 11) is -4.01.